The molecule has 0 bridgehead atoms. The summed E-state index contributed by atoms with van der Waals surface area (Å²) >= 11 is 7.41. The third-order valence-electron chi connectivity index (χ3n) is 4.91. The maximum absolute atomic E-state index is 12.4. The lowest BCUT2D eigenvalue weighted by molar-refractivity contribution is -0.883. The van der Waals surface area contributed by atoms with Gasteiger partial charge in [0.2, 0.25) is 11.8 Å². The quantitative estimate of drug-likeness (QED) is 0.303. The molecule has 7 nitrogen and oxygen atoms in total. The summed E-state index contributed by atoms with van der Waals surface area (Å²) in [5, 5.41) is 16.5. The molecule has 2 amide bonds. The molecule has 176 valence electrons. The van der Waals surface area contributed by atoms with Crippen molar-refractivity contribution in [2.75, 3.05) is 46.0 Å². The van der Waals surface area contributed by atoms with Crippen LogP contribution in [0.4, 0.5) is 0 Å². The summed E-state index contributed by atoms with van der Waals surface area (Å²) in [6.45, 7) is 5.36. The predicted molar refractivity (Wildman–Crippen MR) is 131 cm³/mol. The van der Waals surface area contributed by atoms with Crippen molar-refractivity contribution in [3.63, 3.8) is 0 Å². The molecule has 0 saturated heterocycles. The SMILES string of the molecule is Cc1cc(CC(=O)NCCS)c(-c2cc(CC(=O)NCC[N+](C)(C)CC(=O)[O-])c(C)s2)s1. The number of rotatable bonds is 12. The zero-order valence-electron chi connectivity index (χ0n) is 18.9. The van der Waals surface area contributed by atoms with Gasteiger partial charge in [-0.05, 0) is 37.1 Å². The van der Waals surface area contributed by atoms with Crippen LogP contribution >= 0.6 is 35.3 Å². The molecular formula is C22H31N3O4S3. The Bertz CT molecular complexity index is 966. The Morgan fingerprint density at radius 1 is 1.00 bits per heavy atom. The van der Waals surface area contributed by atoms with E-state index in [4.69, 9.17) is 0 Å². The Morgan fingerprint density at radius 3 is 2.25 bits per heavy atom. The number of carbonyl (C=O) groups excluding carboxylic acids is 3. The number of amides is 2. The van der Waals surface area contributed by atoms with Gasteiger partial charge in [0.1, 0.15) is 6.54 Å². The minimum absolute atomic E-state index is 0.0222. The number of thiophene rings is 2. The van der Waals surface area contributed by atoms with Crippen LogP contribution in [0.3, 0.4) is 0 Å². The molecule has 10 heteroatoms. The van der Waals surface area contributed by atoms with Gasteiger partial charge in [-0.25, -0.2) is 0 Å². The first-order valence-corrected chi connectivity index (χ1v) is 12.6. The molecule has 0 spiro atoms. The van der Waals surface area contributed by atoms with E-state index in [2.05, 4.69) is 23.3 Å². The molecule has 2 aromatic rings. The largest absolute Gasteiger partial charge is 0.544 e. The van der Waals surface area contributed by atoms with Crippen LogP contribution in [0.15, 0.2) is 12.1 Å². The highest BCUT2D eigenvalue weighted by atomic mass is 32.1. The van der Waals surface area contributed by atoms with Crippen LogP contribution in [0.1, 0.15) is 20.9 Å². The first kappa shape index (κ1) is 26.4. The number of hydrogen-bond donors (Lipinski definition) is 3. The van der Waals surface area contributed by atoms with E-state index >= 15 is 0 Å². The highest BCUT2D eigenvalue weighted by Crippen LogP contribution is 2.39. The van der Waals surface area contributed by atoms with Crippen LogP contribution in [0.5, 0.6) is 0 Å². The van der Waals surface area contributed by atoms with Crippen LogP contribution in [-0.2, 0) is 27.2 Å². The van der Waals surface area contributed by atoms with E-state index in [-0.39, 0.29) is 29.3 Å². The molecule has 2 N–H and O–H groups in total. The van der Waals surface area contributed by atoms with E-state index in [1.807, 2.05) is 26.0 Å². The highest BCUT2D eigenvalue weighted by Gasteiger charge is 2.18. The second-order valence-corrected chi connectivity index (χ2v) is 11.3. The Labute approximate surface area is 202 Å². The molecule has 2 aromatic heterocycles. The van der Waals surface area contributed by atoms with Gasteiger partial charge >= 0.3 is 0 Å². The molecule has 0 aromatic carbocycles. The smallest absolute Gasteiger partial charge is 0.224 e. The van der Waals surface area contributed by atoms with Gasteiger partial charge in [0.15, 0.2) is 0 Å². The molecule has 0 fully saturated rings. The van der Waals surface area contributed by atoms with Crippen molar-refractivity contribution in [2.45, 2.75) is 26.7 Å². The third-order valence-corrected chi connectivity index (χ3v) is 7.50. The van der Waals surface area contributed by atoms with Gasteiger partial charge in [-0.15, -0.1) is 22.7 Å². The summed E-state index contributed by atoms with van der Waals surface area (Å²) in [7, 11) is 3.58. The summed E-state index contributed by atoms with van der Waals surface area (Å²) in [5.74, 6) is -0.625. The standard InChI is InChI=1S/C22H31N3O4S3/c1-14-9-17(12-20(27)24-6-8-30)22(31-14)18-10-16(15(2)32-18)11-19(26)23-5-7-25(3,4)13-21(28)29/h9-10H,5-8,11-13H2,1-4H3,(H3-,23,24,26,27,28,29,30). The normalized spacial score (nSPS) is 11.4. The number of quaternary nitrogens is 1. The summed E-state index contributed by atoms with van der Waals surface area (Å²) in [6, 6.07) is 4.09. The number of nitrogens with zero attached hydrogens (tertiary/aromatic N) is 1. The van der Waals surface area contributed by atoms with Gasteiger partial charge in [0.25, 0.3) is 0 Å². The van der Waals surface area contributed by atoms with Crippen molar-refractivity contribution in [3.05, 3.63) is 33.0 Å². The number of aliphatic carboxylic acids is 1. The molecular weight excluding hydrogens is 466 g/mol. The average Bonchev–Trinajstić information content (AvgIpc) is 3.20. The van der Waals surface area contributed by atoms with E-state index in [9.17, 15) is 19.5 Å². The zero-order valence-corrected chi connectivity index (χ0v) is 21.5. The molecule has 0 aliphatic carbocycles. The molecule has 32 heavy (non-hydrogen) atoms. The third kappa shape index (κ3) is 8.23. The topological polar surface area (TPSA) is 98.3 Å². The monoisotopic (exact) mass is 497 g/mol. The first-order valence-electron chi connectivity index (χ1n) is 10.4. The fourth-order valence-corrected chi connectivity index (χ4v) is 5.63. The van der Waals surface area contributed by atoms with E-state index in [1.54, 1.807) is 36.8 Å². The van der Waals surface area contributed by atoms with Crippen molar-refractivity contribution in [2.24, 2.45) is 0 Å². The lowest BCUT2D eigenvalue weighted by Crippen LogP contribution is -2.51. The number of aryl methyl sites for hydroxylation is 2. The lowest BCUT2D eigenvalue weighted by Gasteiger charge is -2.30. The fraction of sp³-hybridized carbons (Fsp3) is 0.500. The summed E-state index contributed by atoms with van der Waals surface area (Å²) in [5.41, 5.74) is 1.96. The minimum Gasteiger partial charge on any atom is -0.544 e. The van der Waals surface area contributed by atoms with Gasteiger partial charge in [0, 0.05) is 31.8 Å². The number of hydrogen-bond acceptors (Lipinski definition) is 7. The molecule has 0 unspecified atom stereocenters. The highest BCUT2D eigenvalue weighted by molar-refractivity contribution is 7.80. The number of carboxylic acids is 1. The van der Waals surface area contributed by atoms with Crippen molar-refractivity contribution in [1.29, 1.82) is 0 Å². The molecule has 2 heterocycles. The second-order valence-electron chi connectivity index (χ2n) is 8.37. The number of nitrogens with one attached hydrogen (secondary N) is 2. The Balaban J connectivity index is 2.02. The Hall–Kier alpha value is -1.88. The Morgan fingerprint density at radius 2 is 1.62 bits per heavy atom. The van der Waals surface area contributed by atoms with Crippen molar-refractivity contribution in [3.8, 4) is 9.75 Å². The molecule has 0 aliphatic rings. The van der Waals surface area contributed by atoms with Gasteiger partial charge in [-0.2, -0.15) is 12.6 Å². The molecule has 0 saturated carbocycles. The van der Waals surface area contributed by atoms with Crippen LogP contribution in [-0.4, -0.2) is 68.3 Å². The fourth-order valence-electron chi connectivity index (χ4n) is 3.31. The van der Waals surface area contributed by atoms with Crippen molar-refractivity contribution >= 4 is 53.1 Å². The summed E-state index contributed by atoms with van der Waals surface area (Å²) in [6.07, 6.45) is 0.582. The van der Waals surface area contributed by atoms with E-state index in [1.165, 1.54) is 0 Å². The number of carboxylic acid groups (broad SMARTS) is 1. The van der Waals surface area contributed by atoms with Crippen LogP contribution in [0.25, 0.3) is 9.75 Å². The minimum atomic E-state index is -1.11. The Kier molecular flexibility index (Phi) is 9.75. The molecule has 2 rings (SSSR count). The van der Waals surface area contributed by atoms with Crippen LogP contribution in [0.2, 0.25) is 0 Å². The number of carbonyl (C=O) groups is 3. The predicted octanol–water partition coefficient (Wildman–Crippen LogP) is 1.17. The number of likely N-dealkylation sites (N-methyl/N-ethyl adjacent to an activating group) is 1. The van der Waals surface area contributed by atoms with E-state index in [0.29, 0.717) is 31.8 Å². The van der Waals surface area contributed by atoms with Crippen LogP contribution < -0.4 is 15.7 Å². The molecule has 0 aliphatic heterocycles. The lowest BCUT2D eigenvalue weighted by atomic mass is 10.1. The van der Waals surface area contributed by atoms with Crippen LogP contribution in [0, 0.1) is 13.8 Å². The van der Waals surface area contributed by atoms with Crippen molar-refractivity contribution < 1.29 is 24.0 Å². The zero-order chi connectivity index (χ0) is 23.9. The number of thiol groups is 1. The van der Waals surface area contributed by atoms with E-state index < -0.39 is 5.97 Å². The summed E-state index contributed by atoms with van der Waals surface area (Å²) < 4.78 is 0.242. The summed E-state index contributed by atoms with van der Waals surface area (Å²) in [4.78, 5) is 39.8. The molecule has 0 radical (unpaired) electrons. The first-order chi connectivity index (χ1) is 15.0. The van der Waals surface area contributed by atoms with Gasteiger partial charge < -0.3 is 25.0 Å². The van der Waals surface area contributed by atoms with Gasteiger partial charge in [-0.1, -0.05) is 0 Å². The van der Waals surface area contributed by atoms with Gasteiger partial charge in [0.05, 0.1) is 46.0 Å². The van der Waals surface area contributed by atoms with Gasteiger partial charge in [-0.3, -0.25) is 9.59 Å². The average molecular weight is 498 g/mol. The maximum atomic E-state index is 12.4. The molecule has 0 atom stereocenters. The van der Waals surface area contributed by atoms with E-state index in [0.717, 1.165) is 30.6 Å². The van der Waals surface area contributed by atoms with Crippen molar-refractivity contribution in [1.82, 2.24) is 10.6 Å². The maximum Gasteiger partial charge on any atom is 0.224 e. The second kappa shape index (κ2) is 11.8.